The zero-order valence-corrected chi connectivity index (χ0v) is 17.2. The molecule has 0 saturated heterocycles. The van der Waals surface area contributed by atoms with Crippen LogP contribution in [0.15, 0.2) is 42.5 Å². The molecule has 0 fully saturated rings. The van der Waals surface area contributed by atoms with Gasteiger partial charge in [-0.1, -0.05) is 30.7 Å². The van der Waals surface area contributed by atoms with Crippen LogP contribution < -0.4 is 4.74 Å². The van der Waals surface area contributed by atoms with Gasteiger partial charge in [0.2, 0.25) is 0 Å². The Kier molecular flexibility index (Phi) is 5.34. The van der Waals surface area contributed by atoms with E-state index in [1.54, 1.807) is 0 Å². The molecule has 0 spiro atoms. The van der Waals surface area contributed by atoms with E-state index in [1.807, 2.05) is 12.1 Å². The van der Waals surface area contributed by atoms with Crippen molar-refractivity contribution in [3.8, 4) is 5.75 Å². The van der Waals surface area contributed by atoms with E-state index in [4.69, 9.17) is 16.3 Å². The molecule has 0 saturated carbocycles. The fraction of sp³-hybridized carbons (Fsp3) is 0.391. The topological polar surface area (TPSA) is 14.2 Å². The molecule has 0 aliphatic rings. The van der Waals surface area contributed by atoms with Crippen LogP contribution in [0.2, 0.25) is 5.02 Å². The number of hydrogen-bond donors (Lipinski definition) is 0. The van der Waals surface area contributed by atoms with Gasteiger partial charge < -0.3 is 9.30 Å². The SMILES string of the molecule is CCCn1c(C)c(Cc2ccc(Cl)cc2)c2cc(OC(C)(C)C)ccc21. The van der Waals surface area contributed by atoms with Crippen molar-refractivity contribution in [2.45, 2.75) is 59.6 Å². The Hall–Kier alpha value is -1.93. The number of hydrogen-bond acceptors (Lipinski definition) is 1. The number of halogens is 1. The van der Waals surface area contributed by atoms with Gasteiger partial charge in [-0.3, -0.25) is 0 Å². The predicted molar refractivity (Wildman–Crippen MR) is 112 cm³/mol. The Labute approximate surface area is 161 Å². The van der Waals surface area contributed by atoms with Crippen molar-refractivity contribution < 1.29 is 4.74 Å². The second-order valence-electron chi connectivity index (χ2n) is 7.91. The summed E-state index contributed by atoms with van der Waals surface area (Å²) < 4.78 is 8.55. The third-order valence-corrected chi connectivity index (χ3v) is 4.84. The first kappa shape index (κ1) is 18.8. The number of benzene rings is 2. The highest BCUT2D eigenvalue weighted by Gasteiger charge is 2.17. The molecule has 3 heteroatoms. The quantitative estimate of drug-likeness (QED) is 0.483. The summed E-state index contributed by atoms with van der Waals surface area (Å²) in [5.74, 6) is 0.927. The number of ether oxygens (including phenoxy) is 1. The lowest BCUT2D eigenvalue weighted by Crippen LogP contribution is -2.22. The van der Waals surface area contributed by atoms with Crippen LogP contribution >= 0.6 is 11.6 Å². The molecule has 0 aliphatic carbocycles. The zero-order valence-electron chi connectivity index (χ0n) is 16.4. The largest absolute Gasteiger partial charge is 0.488 e. The lowest BCUT2D eigenvalue weighted by Gasteiger charge is -2.21. The normalized spacial score (nSPS) is 11.9. The Balaban J connectivity index is 2.10. The molecule has 2 nitrogen and oxygen atoms in total. The second kappa shape index (κ2) is 7.36. The fourth-order valence-electron chi connectivity index (χ4n) is 3.49. The first-order valence-electron chi connectivity index (χ1n) is 9.33. The standard InChI is InChI=1S/C23H28ClNO/c1-6-13-25-16(2)20(14-17-7-9-18(24)10-8-17)21-15-19(11-12-22(21)25)26-23(3,4)5/h7-12,15H,6,13-14H2,1-5H3. The number of fused-ring (bicyclic) bond motifs is 1. The molecule has 0 bridgehead atoms. The molecule has 1 heterocycles. The lowest BCUT2D eigenvalue weighted by molar-refractivity contribution is 0.131. The minimum atomic E-state index is -0.203. The van der Waals surface area contributed by atoms with Gasteiger partial charge in [0.15, 0.2) is 0 Å². The van der Waals surface area contributed by atoms with Crippen LogP contribution in [0.3, 0.4) is 0 Å². The van der Waals surface area contributed by atoms with E-state index in [-0.39, 0.29) is 5.60 Å². The van der Waals surface area contributed by atoms with Crippen molar-refractivity contribution in [1.29, 1.82) is 0 Å². The number of aromatic nitrogens is 1. The van der Waals surface area contributed by atoms with Crippen molar-refractivity contribution in [3.63, 3.8) is 0 Å². The highest BCUT2D eigenvalue weighted by Crippen LogP contribution is 2.32. The van der Waals surface area contributed by atoms with Crippen LogP contribution in [0.5, 0.6) is 5.75 Å². The minimum Gasteiger partial charge on any atom is -0.488 e. The van der Waals surface area contributed by atoms with Gasteiger partial charge in [-0.15, -0.1) is 0 Å². The lowest BCUT2D eigenvalue weighted by atomic mass is 10.0. The molecule has 1 aromatic heterocycles. The van der Waals surface area contributed by atoms with E-state index < -0.39 is 0 Å². The van der Waals surface area contributed by atoms with Gasteiger partial charge in [0.05, 0.1) is 0 Å². The summed E-state index contributed by atoms with van der Waals surface area (Å²) in [5.41, 5.74) is 5.06. The van der Waals surface area contributed by atoms with Crippen molar-refractivity contribution in [1.82, 2.24) is 4.57 Å². The van der Waals surface area contributed by atoms with Gasteiger partial charge in [0.25, 0.3) is 0 Å². The van der Waals surface area contributed by atoms with Gasteiger partial charge in [-0.2, -0.15) is 0 Å². The van der Waals surface area contributed by atoms with Gasteiger partial charge >= 0.3 is 0 Å². The van der Waals surface area contributed by atoms with Crippen molar-refractivity contribution in [2.24, 2.45) is 0 Å². The third kappa shape index (κ3) is 4.07. The molecule has 3 rings (SSSR count). The maximum absolute atomic E-state index is 6.11. The molecule has 0 atom stereocenters. The molecule has 0 radical (unpaired) electrons. The summed E-state index contributed by atoms with van der Waals surface area (Å²) in [6.45, 7) is 11.7. The Morgan fingerprint density at radius 3 is 2.35 bits per heavy atom. The van der Waals surface area contributed by atoms with E-state index in [0.717, 1.165) is 30.2 Å². The molecule has 138 valence electrons. The molecule has 0 aliphatic heterocycles. The van der Waals surface area contributed by atoms with Crippen molar-refractivity contribution in [3.05, 3.63) is 64.3 Å². The van der Waals surface area contributed by atoms with Crippen LogP contribution in [0.25, 0.3) is 10.9 Å². The molecule has 26 heavy (non-hydrogen) atoms. The van der Waals surface area contributed by atoms with E-state index in [0.29, 0.717) is 0 Å². The third-order valence-electron chi connectivity index (χ3n) is 4.59. The molecule has 0 unspecified atom stereocenters. The summed E-state index contributed by atoms with van der Waals surface area (Å²) in [6, 6.07) is 14.6. The Bertz CT molecular complexity index is 901. The van der Waals surface area contributed by atoms with E-state index >= 15 is 0 Å². The average molecular weight is 370 g/mol. The van der Waals surface area contributed by atoms with Gasteiger partial charge in [-0.25, -0.2) is 0 Å². The summed E-state index contributed by atoms with van der Waals surface area (Å²) >= 11 is 6.05. The van der Waals surface area contributed by atoms with Crippen LogP contribution in [0.1, 0.15) is 50.9 Å². The second-order valence-corrected chi connectivity index (χ2v) is 8.35. The summed E-state index contributed by atoms with van der Waals surface area (Å²) in [7, 11) is 0. The zero-order chi connectivity index (χ0) is 18.9. The maximum atomic E-state index is 6.11. The van der Waals surface area contributed by atoms with Gasteiger partial charge in [-0.05, 0) is 82.0 Å². The molecule has 3 aromatic rings. The van der Waals surface area contributed by atoms with Crippen molar-refractivity contribution in [2.75, 3.05) is 0 Å². The minimum absolute atomic E-state index is 0.203. The first-order valence-corrected chi connectivity index (χ1v) is 9.71. The maximum Gasteiger partial charge on any atom is 0.120 e. The summed E-state index contributed by atoms with van der Waals surface area (Å²) in [4.78, 5) is 0. The smallest absolute Gasteiger partial charge is 0.120 e. The number of nitrogens with zero attached hydrogens (tertiary/aromatic N) is 1. The summed E-state index contributed by atoms with van der Waals surface area (Å²) in [5, 5.41) is 2.06. The van der Waals surface area contributed by atoms with E-state index in [1.165, 1.54) is 27.7 Å². The predicted octanol–water partition coefficient (Wildman–Crippen LogP) is 6.78. The molecule has 0 amide bonds. The summed E-state index contributed by atoms with van der Waals surface area (Å²) in [6.07, 6.45) is 2.01. The first-order chi connectivity index (χ1) is 12.3. The number of aryl methyl sites for hydroxylation is 1. The highest BCUT2D eigenvalue weighted by molar-refractivity contribution is 6.30. The van der Waals surface area contributed by atoms with Crippen LogP contribution in [-0.4, -0.2) is 10.2 Å². The van der Waals surface area contributed by atoms with Gasteiger partial charge in [0, 0.05) is 28.2 Å². The molecular weight excluding hydrogens is 342 g/mol. The Morgan fingerprint density at radius 2 is 1.73 bits per heavy atom. The van der Waals surface area contributed by atoms with Crippen LogP contribution in [0.4, 0.5) is 0 Å². The van der Waals surface area contributed by atoms with E-state index in [9.17, 15) is 0 Å². The number of rotatable bonds is 5. The Morgan fingerprint density at radius 1 is 1.04 bits per heavy atom. The van der Waals surface area contributed by atoms with Gasteiger partial charge in [0.1, 0.15) is 11.4 Å². The van der Waals surface area contributed by atoms with E-state index in [2.05, 4.69) is 69.5 Å². The van der Waals surface area contributed by atoms with Crippen LogP contribution in [0, 0.1) is 6.92 Å². The molecule has 2 aromatic carbocycles. The molecular formula is C23H28ClNO. The fourth-order valence-corrected chi connectivity index (χ4v) is 3.62. The average Bonchev–Trinajstić information content (AvgIpc) is 2.81. The molecule has 0 N–H and O–H groups in total. The monoisotopic (exact) mass is 369 g/mol. The highest BCUT2D eigenvalue weighted by atomic mass is 35.5. The van der Waals surface area contributed by atoms with Crippen molar-refractivity contribution >= 4 is 22.5 Å². The van der Waals surface area contributed by atoms with Crippen LogP contribution in [-0.2, 0) is 13.0 Å².